The fourth-order valence-corrected chi connectivity index (χ4v) is 1.22. The summed E-state index contributed by atoms with van der Waals surface area (Å²) >= 11 is 0. The molecule has 0 aliphatic carbocycles. The van der Waals surface area contributed by atoms with Crippen molar-refractivity contribution in [2.24, 2.45) is 0 Å². The maximum absolute atomic E-state index is 13.3. The van der Waals surface area contributed by atoms with E-state index in [0.29, 0.717) is 5.56 Å². The van der Waals surface area contributed by atoms with Crippen molar-refractivity contribution in [3.63, 3.8) is 0 Å². The molecule has 20 heavy (non-hydrogen) atoms. The number of halogens is 4. The van der Waals surface area contributed by atoms with Crippen LogP contribution in [-0.4, -0.2) is 31.3 Å². The van der Waals surface area contributed by atoms with E-state index in [0.717, 1.165) is 6.07 Å². The third-order valence-corrected chi connectivity index (χ3v) is 2.01. The van der Waals surface area contributed by atoms with Gasteiger partial charge in [0.25, 0.3) is 0 Å². The fourth-order valence-electron chi connectivity index (χ4n) is 1.22. The van der Waals surface area contributed by atoms with Crippen molar-refractivity contribution in [3.8, 4) is 17.6 Å². The molecule has 1 N–H and O–H groups in total. The molecule has 1 rings (SSSR count). The average Bonchev–Trinajstić information content (AvgIpc) is 2.37. The minimum atomic E-state index is -4.74. The molecule has 0 saturated carbocycles. The zero-order chi connectivity index (χ0) is 15.0. The summed E-state index contributed by atoms with van der Waals surface area (Å²) in [5, 5.41) is 8.56. The molecule has 110 valence electrons. The molecular weight excluding hydrogens is 280 g/mol. The van der Waals surface area contributed by atoms with Gasteiger partial charge in [0, 0.05) is 12.0 Å². The van der Waals surface area contributed by atoms with E-state index < -0.39 is 25.4 Å². The minimum absolute atomic E-state index is 0.0909. The van der Waals surface area contributed by atoms with Crippen molar-refractivity contribution < 1.29 is 32.1 Å². The first-order valence-electron chi connectivity index (χ1n) is 5.65. The van der Waals surface area contributed by atoms with Crippen molar-refractivity contribution in [1.82, 2.24) is 0 Å². The third-order valence-electron chi connectivity index (χ3n) is 2.01. The van der Waals surface area contributed by atoms with Crippen LogP contribution in [0.5, 0.6) is 5.75 Å². The molecule has 0 unspecified atom stereocenters. The van der Waals surface area contributed by atoms with Gasteiger partial charge in [0.15, 0.2) is 11.6 Å². The maximum atomic E-state index is 13.3. The van der Waals surface area contributed by atoms with Crippen molar-refractivity contribution in [2.45, 2.75) is 12.8 Å². The first-order valence-corrected chi connectivity index (χ1v) is 5.65. The van der Waals surface area contributed by atoms with E-state index in [1.165, 1.54) is 12.1 Å². The van der Waals surface area contributed by atoms with E-state index in [2.05, 4.69) is 16.6 Å². The van der Waals surface area contributed by atoms with Crippen molar-refractivity contribution in [1.29, 1.82) is 0 Å². The van der Waals surface area contributed by atoms with Crippen LogP contribution in [0.3, 0.4) is 0 Å². The van der Waals surface area contributed by atoms with Crippen molar-refractivity contribution in [3.05, 3.63) is 29.6 Å². The summed E-state index contributed by atoms with van der Waals surface area (Å²) in [6.45, 7) is -1.26. The van der Waals surface area contributed by atoms with E-state index >= 15 is 0 Å². The van der Waals surface area contributed by atoms with Crippen molar-refractivity contribution in [2.75, 3.05) is 19.8 Å². The summed E-state index contributed by atoms with van der Waals surface area (Å²) in [5.74, 6) is 4.39. The van der Waals surface area contributed by atoms with E-state index in [9.17, 15) is 17.6 Å². The Kier molecular flexibility index (Phi) is 6.28. The molecule has 0 heterocycles. The predicted octanol–water partition coefficient (Wildman–Crippen LogP) is 2.47. The van der Waals surface area contributed by atoms with Gasteiger partial charge in [0.05, 0.1) is 13.2 Å². The first kappa shape index (κ1) is 16.3. The molecule has 0 bridgehead atoms. The van der Waals surface area contributed by atoms with Gasteiger partial charge < -0.3 is 9.84 Å². The van der Waals surface area contributed by atoms with Crippen LogP contribution in [-0.2, 0) is 4.74 Å². The van der Waals surface area contributed by atoms with Gasteiger partial charge >= 0.3 is 6.36 Å². The van der Waals surface area contributed by atoms with Crippen molar-refractivity contribution >= 4 is 0 Å². The Morgan fingerprint density at radius 3 is 2.60 bits per heavy atom. The lowest BCUT2D eigenvalue weighted by atomic mass is 10.2. The summed E-state index contributed by atoms with van der Waals surface area (Å²) in [4.78, 5) is 0. The van der Waals surface area contributed by atoms with Gasteiger partial charge in [-0.25, -0.2) is 4.39 Å². The summed E-state index contributed by atoms with van der Waals surface area (Å²) in [7, 11) is 0. The van der Waals surface area contributed by atoms with Crippen LogP contribution in [0.2, 0.25) is 0 Å². The van der Waals surface area contributed by atoms with E-state index in [-0.39, 0.29) is 18.8 Å². The van der Waals surface area contributed by atoms with Crippen LogP contribution in [0.15, 0.2) is 18.2 Å². The Balaban J connectivity index is 2.57. The SMILES string of the molecule is OCCC#Cc1ccc(F)c(OCCOC(F)(F)F)c1. The molecule has 0 spiro atoms. The number of hydrogen-bond donors (Lipinski definition) is 1. The Labute approximate surface area is 113 Å². The zero-order valence-corrected chi connectivity index (χ0v) is 10.3. The number of hydrogen-bond acceptors (Lipinski definition) is 3. The van der Waals surface area contributed by atoms with Gasteiger partial charge in [-0.15, -0.1) is 13.2 Å². The Morgan fingerprint density at radius 2 is 1.95 bits per heavy atom. The average molecular weight is 292 g/mol. The minimum Gasteiger partial charge on any atom is -0.488 e. The van der Waals surface area contributed by atoms with Crippen LogP contribution in [0.25, 0.3) is 0 Å². The van der Waals surface area contributed by atoms with Gasteiger partial charge in [-0.1, -0.05) is 11.8 Å². The van der Waals surface area contributed by atoms with Crippen LogP contribution in [0.1, 0.15) is 12.0 Å². The lowest BCUT2D eigenvalue weighted by Crippen LogP contribution is -2.18. The Bertz CT molecular complexity index is 489. The number of aliphatic hydroxyl groups excluding tert-OH is 1. The predicted molar refractivity (Wildman–Crippen MR) is 62.5 cm³/mol. The molecule has 0 aliphatic rings. The van der Waals surface area contributed by atoms with Gasteiger partial charge in [-0.05, 0) is 18.2 Å². The quantitative estimate of drug-likeness (QED) is 0.515. The lowest BCUT2D eigenvalue weighted by Gasteiger charge is -2.09. The highest BCUT2D eigenvalue weighted by Gasteiger charge is 2.28. The molecule has 0 radical (unpaired) electrons. The largest absolute Gasteiger partial charge is 0.522 e. The first-order chi connectivity index (χ1) is 9.42. The molecular formula is C13H12F4O3. The van der Waals surface area contributed by atoms with E-state index in [4.69, 9.17) is 9.84 Å². The number of rotatable bonds is 5. The Morgan fingerprint density at radius 1 is 1.20 bits per heavy atom. The molecule has 0 fully saturated rings. The summed E-state index contributed by atoms with van der Waals surface area (Å²) in [6, 6.07) is 3.77. The van der Waals surface area contributed by atoms with Crippen LogP contribution >= 0.6 is 0 Å². The topological polar surface area (TPSA) is 38.7 Å². The molecule has 7 heteroatoms. The summed E-state index contributed by atoms with van der Waals surface area (Å²) in [6.07, 6.45) is -4.47. The van der Waals surface area contributed by atoms with Crippen LogP contribution in [0, 0.1) is 17.7 Å². The molecule has 0 saturated heterocycles. The number of aliphatic hydroxyl groups is 1. The molecule has 1 aromatic rings. The van der Waals surface area contributed by atoms with Gasteiger partial charge in [0.2, 0.25) is 0 Å². The van der Waals surface area contributed by atoms with E-state index in [1.54, 1.807) is 0 Å². The highest BCUT2D eigenvalue weighted by molar-refractivity contribution is 5.40. The third kappa shape index (κ3) is 6.41. The lowest BCUT2D eigenvalue weighted by molar-refractivity contribution is -0.325. The molecule has 0 aromatic heterocycles. The van der Waals surface area contributed by atoms with Gasteiger partial charge in [0.1, 0.15) is 6.61 Å². The van der Waals surface area contributed by atoms with Gasteiger partial charge in [-0.3, -0.25) is 4.74 Å². The standard InChI is InChI=1S/C13H12F4O3/c14-11-5-4-10(3-1-2-6-18)9-12(11)19-7-8-20-13(15,16)17/h4-5,9,18H,2,6-8H2. The highest BCUT2D eigenvalue weighted by atomic mass is 19.4. The fraction of sp³-hybridized carbons (Fsp3) is 0.385. The normalized spacial score (nSPS) is 10.8. The summed E-state index contributed by atoms with van der Waals surface area (Å²) in [5.41, 5.74) is 0.437. The molecule has 3 nitrogen and oxygen atoms in total. The second kappa shape index (κ2) is 7.72. The smallest absolute Gasteiger partial charge is 0.488 e. The number of alkyl halides is 3. The molecule has 1 aromatic carbocycles. The molecule has 0 aliphatic heterocycles. The highest BCUT2D eigenvalue weighted by Crippen LogP contribution is 2.19. The van der Waals surface area contributed by atoms with Crippen LogP contribution in [0.4, 0.5) is 17.6 Å². The molecule has 0 amide bonds. The Hall–Kier alpha value is -1.78. The van der Waals surface area contributed by atoms with E-state index in [1.807, 2.05) is 0 Å². The summed E-state index contributed by atoms with van der Waals surface area (Å²) < 4.78 is 56.8. The number of benzene rings is 1. The van der Waals surface area contributed by atoms with Gasteiger partial charge in [-0.2, -0.15) is 0 Å². The second-order valence-corrected chi connectivity index (χ2v) is 3.56. The number of ether oxygens (including phenoxy) is 2. The second-order valence-electron chi connectivity index (χ2n) is 3.56. The van der Waals surface area contributed by atoms with Crippen LogP contribution < -0.4 is 4.74 Å². The maximum Gasteiger partial charge on any atom is 0.522 e. The zero-order valence-electron chi connectivity index (χ0n) is 10.3. The monoisotopic (exact) mass is 292 g/mol. The molecule has 0 atom stereocenters.